The molecular formula is C17H26N2O3. The summed E-state index contributed by atoms with van der Waals surface area (Å²) in [7, 11) is 0. The monoisotopic (exact) mass is 306 g/mol. The highest BCUT2D eigenvalue weighted by Crippen LogP contribution is 2.20. The molecule has 5 heteroatoms. The summed E-state index contributed by atoms with van der Waals surface area (Å²) in [5.41, 5.74) is 0.816. The Balaban J connectivity index is 1.90. The molecule has 1 aliphatic rings. The zero-order chi connectivity index (χ0) is 16.1. The highest BCUT2D eigenvalue weighted by atomic mass is 16.3. The number of nitrogens with zero attached hydrogens (tertiary/aromatic N) is 2. The van der Waals surface area contributed by atoms with E-state index in [0.717, 1.165) is 5.56 Å². The number of piperazine rings is 1. The van der Waals surface area contributed by atoms with E-state index in [1.165, 1.54) is 0 Å². The van der Waals surface area contributed by atoms with Gasteiger partial charge in [0.2, 0.25) is 5.91 Å². The van der Waals surface area contributed by atoms with Gasteiger partial charge in [-0.3, -0.25) is 9.69 Å². The average molecular weight is 306 g/mol. The molecule has 1 aliphatic heterocycles. The molecule has 0 saturated carbocycles. The summed E-state index contributed by atoms with van der Waals surface area (Å²) in [6.07, 6.45) is 0.974. The van der Waals surface area contributed by atoms with Gasteiger partial charge in [-0.05, 0) is 31.9 Å². The van der Waals surface area contributed by atoms with E-state index in [9.17, 15) is 9.90 Å². The van der Waals surface area contributed by atoms with Crippen molar-refractivity contribution in [3.63, 3.8) is 0 Å². The molecule has 0 bridgehead atoms. The number of phenols is 1. The molecule has 0 radical (unpaired) electrons. The third-order valence-electron chi connectivity index (χ3n) is 4.41. The summed E-state index contributed by atoms with van der Waals surface area (Å²) >= 11 is 0. The molecule has 1 fully saturated rings. The van der Waals surface area contributed by atoms with Crippen LogP contribution in [0.1, 0.15) is 25.8 Å². The minimum atomic E-state index is 0.130. The first-order valence-electron chi connectivity index (χ1n) is 7.94. The predicted molar refractivity (Wildman–Crippen MR) is 85.7 cm³/mol. The molecule has 2 rings (SSSR count). The van der Waals surface area contributed by atoms with Crippen LogP contribution < -0.4 is 0 Å². The molecular weight excluding hydrogens is 280 g/mol. The van der Waals surface area contributed by atoms with Crippen LogP contribution in [0.2, 0.25) is 0 Å². The van der Waals surface area contributed by atoms with E-state index in [4.69, 9.17) is 5.11 Å². The Morgan fingerprint density at radius 1 is 1.23 bits per heavy atom. The summed E-state index contributed by atoms with van der Waals surface area (Å²) in [5.74, 6) is 0.385. The number of carbonyl (C=O) groups is 1. The molecule has 1 saturated heterocycles. The van der Waals surface area contributed by atoms with Crippen LogP contribution in [-0.2, 0) is 11.2 Å². The molecule has 122 valence electrons. The van der Waals surface area contributed by atoms with Crippen molar-refractivity contribution >= 4 is 5.91 Å². The Labute approximate surface area is 132 Å². The lowest BCUT2D eigenvalue weighted by atomic mass is 10.1. The number of aromatic hydroxyl groups is 1. The summed E-state index contributed by atoms with van der Waals surface area (Å²) < 4.78 is 0. The topological polar surface area (TPSA) is 64.0 Å². The maximum atomic E-state index is 12.4. The standard InChI is InChI=1S/C17H26N2O3/c1-13-11-18(12-14(2)19(13)9-10-20)17(22)8-7-15-5-3-4-6-16(15)21/h3-6,13-14,20-21H,7-12H2,1-2H3/t13-,14+. The zero-order valence-corrected chi connectivity index (χ0v) is 13.4. The van der Waals surface area contributed by atoms with Crippen LogP contribution in [0, 0.1) is 0 Å². The fourth-order valence-corrected chi connectivity index (χ4v) is 3.24. The zero-order valence-electron chi connectivity index (χ0n) is 13.4. The van der Waals surface area contributed by atoms with Crippen molar-refractivity contribution in [2.45, 2.75) is 38.8 Å². The molecule has 1 heterocycles. The quantitative estimate of drug-likeness (QED) is 0.859. The molecule has 22 heavy (non-hydrogen) atoms. The minimum Gasteiger partial charge on any atom is -0.508 e. The summed E-state index contributed by atoms with van der Waals surface area (Å²) in [5, 5.41) is 18.9. The highest BCUT2D eigenvalue weighted by Gasteiger charge is 2.31. The van der Waals surface area contributed by atoms with Crippen LogP contribution in [0.25, 0.3) is 0 Å². The molecule has 1 aromatic rings. The van der Waals surface area contributed by atoms with E-state index in [0.29, 0.717) is 32.5 Å². The second kappa shape index (κ2) is 7.61. The fraction of sp³-hybridized carbons (Fsp3) is 0.588. The SMILES string of the molecule is C[C@@H]1CN(C(=O)CCc2ccccc2O)C[C@H](C)N1CCO. The summed E-state index contributed by atoms with van der Waals surface area (Å²) in [6, 6.07) is 7.67. The van der Waals surface area contributed by atoms with Crippen LogP contribution in [-0.4, -0.2) is 64.2 Å². The fourth-order valence-electron chi connectivity index (χ4n) is 3.24. The summed E-state index contributed by atoms with van der Waals surface area (Å²) in [4.78, 5) is 16.6. The van der Waals surface area contributed by atoms with Gasteiger partial charge in [0.1, 0.15) is 5.75 Å². The largest absolute Gasteiger partial charge is 0.508 e. The number of aliphatic hydroxyl groups excluding tert-OH is 1. The van der Waals surface area contributed by atoms with Gasteiger partial charge in [-0.25, -0.2) is 0 Å². The van der Waals surface area contributed by atoms with Gasteiger partial charge in [-0.1, -0.05) is 18.2 Å². The van der Waals surface area contributed by atoms with Crippen LogP contribution in [0.4, 0.5) is 0 Å². The maximum Gasteiger partial charge on any atom is 0.223 e. The first-order chi connectivity index (χ1) is 10.5. The number of phenolic OH excluding ortho intramolecular Hbond substituents is 1. The second-order valence-corrected chi connectivity index (χ2v) is 6.09. The van der Waals surface area contributed by atoms with Crippen molar-refractivity contribution < 1.29 is 15.0 Å². The van der Waals surface area contributed by atoms with Crippen molar-refractivity contribution in [2.75, 3.05) is 26.2 Å². The van der Waals surface area contributed by atoms with Gasteiger partial charge in [0.25, 0.3) is 0 Å². The van der Waals surface area contributed by atoms with Crippen LogP contribution in [0.5, 0.6) is 5.75 Å². The summed E-state index contributed by atoms with van der Waals surface area (Å²) in [6.45, 7) is 6.38. The van der Waals surface area contributed by atoms with E-state index in [2.05, 4.69) is 18.7 Å². The number of hydrogen-bond acceptors (Lipinski definition) is 4. The number of aryl methyl sites for hydroxylation is 1. The number of benzene rings is 1. The number of aliphatic hydroxyl groups is 1. The molecule has 0 spiro atoms. The molecule has 2 atom stereocenters. The van der Waals surface area contributed by atoms with E-state index >= 15 is 0 Å². The highest BCUT2D eigenvalue weighted by molar-refractivity contribution is 5.76. The van der Waals surface area contributed by atoms with Crippen molar-refractivity contribution in [3.05, 3.63) is 29.8 Å². The number of β-amino-alcohol motifs (C(OH)–C–C–N with tert-alkyl or cyclic N) is 1. The number of amides is 1. The first-order valence-corrected chi connectivity index (χ1v) is 7.94. The lowest BCUT2D eigenvalue weighted by molar-refractivity contribution is -0.135. The Bertz CT molecular complexity index is 494. The Hall–Kier alpha value is -1.59. The van der Waals surface area contributed by atoms with E-state index in [-0.39, 0.29) is 30.3 Å². The van der Waals surface area contributed by atoms with Crippen LogP contribution in [0.3, 0.4) is 0 Å². The molecule has 2 N–H and O–H groups in total. The van der Waals surface area contributed by atoms with Gasteiger partial charge < -0.3 is 15.1 Å². The Kier molecular flexibility index (Phi) is 5.80. The maximum absolute atomic E-state index is 12.4. The number of rotatable bonds is 5. The van der Waals surface area contributed by atoms with Gasteiger partial charge in [-0.2, -0.15) is 0 Å². The van der Waals surface area contributed by atoms with Gasteiger partial charge in [0, 0.05) is 38.1 Å². The third-order valence-corrected chi connectivity index (χ3v) is 4.41. The van der Waals surface area contributed by atoms with Crippen LogP contribution >= 0.6 is 0 Å². The molecule has 0 unspecified atom stereocenters. The van der Waals surface area contributed by atoms with Gasteiger partial charge in [-0.15, -0.1) is 0 Å². The molecule has 0 aliphatic carbocycles. The van der Waals surface area contributed by atoms with E-state index < -0.39 is 0 Å². The van der Waals surface area contributed by atoms with Gasteiger partial charge >= 0.3 is 0 Å². The number of para-hydroxylation sites is 1. The number of carbonyl (C=O) groups excluding carboxylic acids is 1. The predicted octanol–water partition coefficient (Wildman–Crippen LogP) is 1.24. The smallest absolute Gasteiger partial charge is 0.223 e. The Morgan fingerprint density at radius 2 is 1.86 bits per heavy atom. The molecule has 0 aromatic heterocycles. The minimum absolute atomic E-state index is 0.130. The van der Waals surface area contributed by atoms with Gasteiger partial charge in [0.05, 0.1) is 6.61 Å². The van der Waals surface area contributed by atoms with Crippen LogP contribution in [0.15, 0.2) is 24.3 Å². The first kappa shape index (κ1) is 16.8. The lowest BCUT2D eigenvalue weighted by Crippen LogP contribution is -2.58. The normalized spacial score (nSPS) is 22.8. The average Bonchev–Trinajstić information content (AvgIpc) is 2.49. The molecule has 5 nitrogen and oxygen atoms in total. The van der Waals surface area contributed by atoms with Crippen molar-refractivity contribution in [1.82, 2.24) is 9.80 Å². The molecule has 1 amide bonds. The van der Waals surface area contributed by atoms with Crippen molar-refractivity contribution in [1.29, 1.82) is 0 Å². The third kappa shape index (κ3) is 3.99. The van der Waals surface area contributed by atoms with E-state index in [1.54, 1.807) is 12.1 Å². The van der Waals surface area contributed by atoms with Crippen molar-refractivity contribution in [2.24, 2.45) is 0 Å². The lowest BCUT2D eigenvalue weighted by Gasteiger charge is -2.44. The van der Waals surface area contributed by atoms with E-state index in [1.807, 2.05) is 17.0 Å². The van der Waals surface area contributed by atoms with Gasteiger partial charge in [0.15, 0.2) is 0 Å². The van der Waals surface area contributed by atoms with Crippen molar-refractivity contribution in [3.8, 4) is 5.75 Å². The Morgan fingerprint density at radius 3 is 2.45 bits per heavy atom. The second-order valence-electron chi connectivity index (χ2n) is 6.09. The molecule has 1 aromatic carbocycles. The number of hydrogen-bond donors (Lipinski definition) is 2.